The van der Waals surface area contributed by atoms with Gasteiger partial charge in [-0.05, 0) is 31.9 Å². The van der Waals surface area contributed by atoms with Crippen molar-refractivity contribution in [2.75, 3.05) is 13.7 Å². The Morgan fingerprint density at radius 2 is 2.11 bits per heavy atom. The number of nitrogens with one attached hydrogen (secondary N) is 1. The molecule has 0 heterocycles. The van der Waals surface area contributed by atoms with Crippen molar-refractivity contribution in [3.63, 3.8) is 0 Å². The van der Waals surface area contributed by atoms with Gasteiger partial charge in [-0.2, -0.15) is 0 Å². The number of ether oxygens (including phenoxy) is 1. The minimum absolute atomic E-state index is 0.0103. The number of aliphatic hydroxyl groups excluding tert-OH is 1. The average Bonchev–Trinajstić information content (AvgIpc) is 2.36. The van der Waals surface area contributed by atoms with Gasteiger partial charge in [0.05, 0.1) is 18.1 Å². The third-order valence-corrected chi connectivity index (χ3v) is 2.91. The van der Waals surface area contributed by atoms with Crippen LogP contribution in [0.4, 0.5) is 5.69 Å². The molecule has 0 unspecified atom stereocenters. The number of benzene rings is 1. The quantitative estimate of drug-likeness (QED) is 0.582. The zero-order valence-electron chi connectivity index (χ0n) is 11.5. The highest BCUT2D eigenvalue weighted by Crippen LogP contribution is 2.23. The zero-order valence-corrected chi connectivity index (χ0v) is 11.5. The van der Waals surface area contributed by atoms with Gasteiger partial charge >= 0.3 is 0 Å². The van der Waals surface area contributed by atoms with Crippen LogP contribution in [0.25, 0.3) is 0 Å². The lowest BCUT2D eigenvalue weighted by atomic mass is 10.0. The second-order valence-corrected chi connectivity index (χ2v) is 5.01. The standard InChI is InChI=1S/C13H20N2O4/c1-13(2,4-5-16)14-9-10-6-11(15(17)18)8-12(7-10)19-3/h6-8,14,16H,4-5,9H2,1-3H3. The number of aliphatic hydroxyl groups is 1. The maximum absolute atomic E-state index is 10.8. The summed E-state index contributed by atoms with van der Waals surface area (Å²) in [7, 11) is 1.48. The van der Waals surface area contributed by atoms with E-state index in [2.05, 4.69) is 5.32 Å². The number of non-ortho nitro benzene ring substituents is 1. The molecule has 0 bridgehead atoms. The molecule has 0 radical (unpaired) electrons. The van der Waals surface area contributed by atoms with E-state index in [4.69, 9.17) is 9.84 Å². The maximum Gasteiger partial charge on any atom is 0.273 e. The van der Waals surface area contributed by atoms with Crippen LogP contribution in [0.2, 0.25) is 0 Å². The Morgan fingerprint density at radius 3 is 2.63 bits per heavy atom. The number of nitro groups is 1. The van der Waals surface area contributed by atoms with E-state index in [1.165, 1.54) is 19.2 Å². The van der Waals surface area contributed by atoms with E-state index in [1.807, 2.05) is 13.8 Å². The summed E-state index contributed by atoms with van der Waals surface area (Å²) in [6.45, 7) is 4.51. The molecular formula is C13H20N2O4. The number of methoxy groups -OCH3 is 1. The van der Waals surface area contributed by atoms with Gasteiger partial charge in [0.2, 0.25) is 0 Å². The molecule has 2 N–H and O–H groups in total. The highest BCUT2D eigenvalue weighted by Gasteiger charge is 2.17. The van der Waals surface area contributed by atoms with E-state index in [1.54, 1.807) is 6.07 Å². The second-order valence-electron chi connectivity index (χ2n) is 5.01. The highest BCUT2D eigenvalue weighted by atomic mass is 16.6. The van der Waals surface area contributed by atoms with Gasteiger partial charge in [0.1, 0.15) is 5.75 Å². The molecule has 0 atom stereocenters. The first-order valence-corrected chi connectivity index (χ1v) is 6.06. The third kappa shape index (κ3) is 4.84. The molecule has 0 aliphatic rings. The van der Waals surface area contributed by atoms with Crippen molar-refractivity contribution in [3.05, 3.63) is 33.9 Å². The van der Waals surface area contributed by atoms with Gasteiger partial charge in [0.25, 0.3) is 5.69 Å². The van der Waals surface area contributed by atoms with Crippen molar-refractivity contribution in [1.29, 1.82) is 0 Å². The van der Waals surface area contributed by atoms with Gasteiger partial charge in [-0.3, -0.25) is 10.1 Å². The first-order chi connectivity index (χ1) is 8.88. The van der Waals surface area contributed by atoms with Crippen LogP contribution in [0.3, 0.4) is 0 Å². The fourth-order valence-electron chi connectivity index (χ4n) is 1.68. The van der Waals surface area contributed by atoms with Crippen molar-refractivity contribution in [2.45, 2.75) is 32.4 Å². The van der Waals surface area contributed by atoms with E-state index in [0.29, 0.717) is 18.7 Å². The fraction of sp³-hybridized carbons (Fsp3) is 0.538. The first kappa shape index (κ1) is 15.4. The molecule has 106 valence electrons. The Morgan fingerprint density at radius 1 is 1.42 bits per heavy atom. The van der Waals surface area contributed by atoms with Gasteiger partial charge < -0.3 is 15.2 Å². The Kier molecular flexibility index (Phi) is 5.26. The summed E-state index contributed by atoms with van der Waals surface area (Å²) in [4.78, 5) is 10.4. The molecule has 0 aliphatic heterocycles. The van der Waals surface area contributed by atoms with Gasteiger partial charge in [-0.25, -0.2) is 0 Å². The molecule has 1 rings (SSSR count). The monoisotopic (exact) mass is 268 g/mol. The molecule has 0 fully saturated rings. The Hall–Kier alpha value is -1.66. The SMILES string of the molecule is COc1cc(CNC(C)(C)CCO)cc([N+](=O)[O-])c1. The molecule has 1 aromatic rings. The fourth-order valence-corrected chi connectivity index (χ4v) is 1.68. The second kappa shape index (κ2) is 6.49. The smallest absolute Gasteiger partial charge is 0.273 e. The summed E-state index contributed by atoms with van der Waals surface area (Å²) in [5.74, 6) is 0.464. The summed E-state index contributed by atoms with van der Waals surface area (Å²) in [5.41, 5.74) is 0.556. The van der Waals surface area contributed by atoms with E-state index in [0.717, 1.165) is 5.56 Å². The summed E-state index contributed by atoms with van der Waals surface area (Å²) >= 11 is 0. The van der Waals surface area contributed by atoms with E-state index in [9.17, 15) is 10.1 Å². The number of nitrogens with zero attached hydrogens (tertiary/aromatic N) is 1. The number of hydrogen-bond acceptors (Lipinski definition) is 5. The number of nitro benzene ring substituents is 1. The number of rotatable bonds is 7. The molecule has 0 aromatic heterocycles. The third-order valence-electron chi connectivity index (χ3n) is 2.91. The van der Waals surface area contributed by atoms with Crippen LogP contribution in [0.1, 0.15) is 25.8 Å². The van der Waals surface area contributed by atoms with E-state index >= 15 is 0 Å². The predicted octanol–water partition coefficient (Wildman–Crippen LogP) is 1.85. The summed E-state index contributed by atoms with van der Waals surface area (Å²) < 4.78 is 5.05. The van der Waals surface area contributed by atoms with Crippen LogP contribution < -0.4 is 10.1 Å². The Labute approximate surface area is 112 Å². The Balaban J connectivity index is 2.83. The van der Waals surface area contributed by atoms with E-state index in [-0.39, 0.29) is 17.8 Å². The number of hydrogen-bond donors (Lipinski definition) is 2. The Bertz CT molecular complexity index is 446. The van der Waals surface area contributed by atoms with Crippen LogP contribution in [0, 0.1) is 10.1 Å². The van der Waals surface area contributed by atoms with Gasteiger partial charge in [0.15, 0.2) is 0 Å². The van der Waals surface area contributed by atoms with Crippen molar-refractivity contribution in [2.24, 2.45) is 0 Å². The van der Waals surface area contributed by atoms with Crippen molar-refractivity contribution >= 4 is 5.69 Å². The molecule has 19 heavy (non-hydrogen) atoms. The lowest BCUT2D eigenvalue weighted by molar-refractivity contribution is -0.385. The van der Waals surface area contributed by atoms with Crippen LogP contribution >= 0.6 is 0 Å². The van der Waals surface area contributed by atoms with E-state index < -0.39 is 4.92 Å². The minimum Gasteiger partial charge on any atom is -0.496 e. The van der Waals surface area contributed by atoms with Gasteiger partial charge in [0, 0.05) is 24.8 Å². The average molecular weight is 268 g/mol. The molecule has 0 spiro atoms. The summed E-state index contributed by atoms with van der Waals surface area (Å²) in [6, 6.07) is 4.67. The normalized spacial score (nSPS) is 11.4. The van der Waals surface area contributed by atoms with Crippen LogP contribution in [0.15, 0.2) is 18.2 Å². The molecule has 6 heteroatoms. The zero-order chi connectivity index (χ0) is 14.5. The van der Waals surface area contributed by atoms with Crippen molar-refractivity contribution < 1.29 is 14.8 Å². The molecule has 1 aromatic carbocycles. The maximum atomic E-state index is 10.8. The molecular weight excluding hydrogens is 248 g/mol. The van der Waals surface area contributed by atoms with Crippen molar-refractivity contribution in [3.8, 4) is 5.75 Å². The van der Waals surface area contributed by atoms with Crippen LogP contribution in [0.5, 0.6) is 5.75 Å². The highest BCUT2D eigenvalue weighted by molar-refractivity contribution is 5.42. The lowest BCUT2D eigenvalue weighted by Gasteiger charge is -2.25. The van der Waals surface area contributed by atoms with Crippen LogP contribution in [-0.2, 0) is 6.54 Å². The minimum atomic E-state index is -0.440. The summed E-state index contributed by atoms with van der Waals surface area (Å²) in [5, 5.41) is 23.0. The van der Waals surface area contributed by atoms with Gasteiger partial charge in [-0.15, -0.1) is 0 Å². The molecule has 0 saturated heterocycles. The predicted molar refractivity (Wildman–Crippen MR) is 72.3 cm³/mol. The molecule has 0 amide bonds. The molecule has 0 aliphatic carbocycles. The molecule has 6 nitrogen and oxygen atoms in total. The molecule has 0 saturated carbocycles. The summed E-state index contributed by atoms with van der Waals surface area (Å²) in [6.07, 6.45) is 0.610. The lowest BCUT2D eigenvalue weighted by Crippen LogP contribution is -2.39. The van der Waals surface area contributed by atoms with Crippen molar-refractivity contribution in [1.82, 2.24) is 5.32 Å². The van der Waals surface area contributed by atoms with Gasteiger partial charge in [-0.1, -0.05) is 0 Å². The topological polar surface area (TPSA) is 84.6 Å². The first-order valence-electron chi connectivity index (χ1n) is 6.06. The largest absolute Gasteiger partial charge is 0.496 e. The van der Waals surface area contributed by atoms with Crippen LogP contribution in [-0.4, -0.2) is 29.3 Å².